The Labute approximate surface area is 108 Å². The van der Waals surface area contributed by atoms with Crippen molar-refractivity contribution in [2.24, 2.45) is 0 Å². The van der Waals surface area contributed by atoms with Crippen LogP contribution in [0, 0.1) is 0 Å². The van der Waals surface area contributed by atoms with Gasteiger partial charge in [-0.15, -0.1) is 0 Å². The standard InChI is InChI=1S/C13H21N3O2/c1-10(2)16-11(8-14-13(16)9-18-5)12(17)6-7-15(3)4/h6-8,10H,9H2,1-5H3/b7-6+. The summed E-state index contributed by atoms with van der Waals surface area (Å²) in [6.07, 6.45) is 4.89. The monoisotopic (exact) mass is 251 g/mol. The highest BCUT2D eigenvalue weighted by atomic mass is 16.5. The van der Waals surface area contributed by atoms with Crippen LogP contribution in [0.2, 0.25) is 0 Å². The SMILES string of the molecule is COCc1ncc(C(=O)/C=C/N(C)C)n1C(C)C. The number of aromatic nitrogens is 2. The molecular formula is C13H21N3O2. The summed E-state index contributed by atoms with van der Waals surface area (Å²) in [4.78, 5) is 18.1. The summed E-state index contributed by atoms with van der Waals surface area (Å²) < 4.78 is 7.00. The third kappa shape index (κ3) is 3.43. The van der Waals surface area contributed by atoms with Crippen LogP contribution in [0.1, 0.15) is 36.2 Å². The molecule has 1 rings (SSSR count). The van der Waals surface area contributed by atoms with E-state index in [0.29, 0.717) is 12.3 Å². The molecule has 0 aliphatic rings. The van der Waals surface area contributed by atoms with Crippen molar-refractivity contribution in [2.75, 3.05) is 21.2 Å². The highest BCUT2D eigenvalue weighted by molar-refractivity contribution is 6.03. The summed E-state index contributed by atoms with van der Waals surface area (Å²) in [5.41, 5.74) is 0.593. The molecule has 0 fully saturated rings. The second-order valence-corrected chi connectivity index (χ2v) is 4.60. The van der Waals surface area contributed by atoms with E-state index in [2.05, 4.69) is 4.98 Å². The van der Waals surface area contributed by atoms with E-state index < -0.39 is 0 Å². The van der Waals surface area contributed by atoms with Crippen LogP contribution in [0.15, 0.2) is 18.5 Å². The number of methoxy groups -OCH3 is 1. The number of allylic oxidation sites excluding steroid dienone is 1. The van der Waals surface area contributed by atoms with Gasteiger partial charge < -0.3 is 14.2 Å². The largest absolute Gasteiger partial charge is 0.383 e. The minimum Gasteiger partial charge on any atom is -0.383 e. The fourth-order valence-corrected chi connectivity index (χ4v) is 1.70. The van der Waals surface area contributed by atoms with Crippen molar-refractivity contribution in [2.45, 2.75) is 26.5 Å². The Balaban J connectivity index is 3.05. The Morgan fingerprint density at radius 2 is 2.22 bits per heavy atom. The van der Waals surface area contributed by atoms with Crippen LogP contribution in [0.3, 0.4) is 0 Å². The van der Waals surface area contributed by atoms with E-state index in [4.69, 9.17) is 4.74 Å². The van der Waals surface area contributed by atoms with E-state index in [1.54, 1.807) is 25.6 Å². The molecule has 0 aromatic carbocycles. The van der Waals surface area contributed by atoms with Gasteiger partial charge >= 0.3 is 0 Å². The van der Waals surface area contributed by atoms with E-state index in [1.165, 1.54) is 0 Å². The Hall–Kier alpha value is -1.62. The second kappa shape index (κ2) is 6.35. The zero-order chi connectivity index (χ0) is 13.7. The fourth-order valence-electron chi connectivity index (χ4n) is 1.70. The molecule has 1 aromatic rings. The number of imidazole rings is 1. The van der Waals surface area contributed by atoms with Gasteiger partial charge in [-0.25, -0.2) is 4.98 Å². The van der Waals surface area contributed by atoms with Gasteiger partial charge in [0.05, 0.1) is 6.20 Å². The van der Waals surface area contributed by atoms with E-state index >= 15 is 0 Å². The normalized spacial score (nSPS) is 11.4. The summed E-state index contributed by atoms with van der Waals surface area (Å²) in [5.74, 6) is 0.723. The molecule has 0 amide bonds. The lowest BCUT2D eigenvalue weighted by Gasteiger charge is -2.14. The van der Waals surface area contributed by atoms with Gasteiger partial charge in [-0.2, -0.15) is 0 Å². The molecule has 100 valence electrons. The van der Waals surface area contributed by atoms with Crippen molar-refractivity contribution in [1.82, 2.24) is 14.5 Å². The van der Waals surface area contributed by atoms with Gasteiger partial charge in [0.15, 0.2) is 0 Å². The molecule has 5 heteroatoms. The molecule has 0 spiro atoms. The molecule has 18 heavy (non-hydrogen) atoms. The van der Waals surface area contributed by atoms with Crippen LogP contribution in [-0.2, 0) is 11.3 Å². The molecule has 0 saturated heterocycles. The Kier molecular flexibility index (Phi) is 5.09. The number of nitrogens with zero attached hydrogens (tertiary/aromatic N) is 3. The maximum Gasteiger partial charge on any atom is 0.205 e. The Bertz CT molecular complexity index is 433. The van der Waals surface area contributed by atoms with Crippen molar-refractivity contribution in [3.05, 3.63) is 30.0 Å². The topological polar surface area (TPSA) is 47.4 Å². The molecule has 0 radical (unpaired) electrons. The van der Waals surface area contributed by atoms with Crippen LogP contribution < -0.4 is 0 Å². The van der Waals surface area contributed by atoms with Crippen LogP contribution in [0.25, 0.3) is 0 Å². The third-order valence-corrected chi connectivity index (χ3v) is 2.44. The van der Waals surface area contributed by atoms with Crippen LogP contribution >= 0.6 is 0 Å². The maximum atomic E-state index is 12.1. The van der Waals surface area contributed by atoms with E-state index in [-0.39, 0.29) is 11.8 Å². The van der Waals surface area contributed by atoms with Crippen molar-refractivity contribution in [1.29, 1.82) is 0 Å². The van der Waals surface area contributed by atoms with Gasteiger partial charge in [0, 0.05) is 39.5 Å². The van der Waals surface area contributed by atoms with Gasteiger partial charge in [0.1, 0.15) is 18.1 Å². The van der Waals surface area contributed by atoms with Gasteiger partial charge in [0.2, 0.25) is 5.78 Å². The number of carbonyl (C=O) groups excluding carboxylic acids is 1. The molecule has 0 N–H and O–H groups in total. The lowest BCUT2D eigenvalue weighted by molar-refractivity contribution is 0.103. The smallest absolute Gasteiger partial charge is 0.205 e. The predicted molar refractivity (Wildman–Crippen MR) is 70.5 cm³/mol. The van der Waals surface area contributed by atoms with Crippen molar-refractivity contribution in [3.8, 4) is 0 Å². The van der Waals surface area contributed by atoms with Gasteiger partial charge in [-0.05, 0) is 13.8 Å². The molecule has 5 nitrogen and oxygen atoms in total. The minimum absolute atomic E-state index is 0.0488. The van der Waals surface area contributed by atoms with Crippen LogP contribution in [0.4, 0.5) is 0 Å². The molecule has 0 bridgehead atoms. The fraction of sp³-hybridized carbons (Fsp3) is 0.538. The van der Waals surface area contributed by atoms with Crippen molar-refractivity contribution < 1.29 is 9.53 Å². The zero-order valence-corrected chi connectivity index (χ0v) is 11.7. The van der Waals surface area contributed by atoms with Gasteiger partial charge in [-0.1, -0.05) is 0 Å². The lowest BCUT2D eigenvalue weighted by Crippen LogP contribution is -2.14. The first-order valence-corrected chi connectivity index (χ1v) is 5.91. The molecule has 0 atom stereocenters. The maximum absolute atomic E-state index is 12.1. The van der Waals surface area contributed by atoms with Crippen LogP contribution in [-0.4, -0.2) is 41.4 Å². The number of carbonyl (C=O) groups is 1. The van der Waals surface area contributed by atoms with Crippen molar-refractivity contribution in [3.63, 3.8) is 0 Å². The second-order valence-electron chi connectivity index (χ2n) is 4.60. The minimum atomic E-state index is -0.0488. The molecule has 0 saturated carbocycles. The summed E-state index contributed by atoms with van der Waals surface area (Å²) in [7, 11) is 5.37. The summed E-state index contributed by atoms with van der Waals surface area (Å²) in [5, 5.41) is 0. The van der Waals surface area contributed by atoms with Crippen molar-refractivity contribution >= 4 is 5.78 Å². The van der Waals surface area contributed by atoms with Crippen LogP contribution in [0.5, 0.6) is 0 Å². The third-order valence-electron chi connectivity index (χ3n) is 2.44. The Morgan fingerprint density at radius 1 is 1.56 bits per heavy atom. The number of ketones is 1. The highest BCUT2D eigenvalue weighted by Crippen LogP contribution is 2.15. The summed E-state index contributed by atoms with van der Waals surface area (Å²) in [6, 6.07) is 0.171. The first-order valence-electron chi connectivity index (χ1n) is 5.91. The molecule has 1 heterocycles. The number of ether oxygens (including phenoxy) is 1. The van der Waals surface area contributed by atoms with E-state index in [1.807, 2.05) is 37.4 Å². The predicted octanol–water partition coefficient (Wildman–Crippen LogP) is 1.87. The number of hydrogen-bond acceptors (Lipinski definition) is 4. The molecule has 0 aliphatic heterocycles. The van der Waals surface area contributed by atoms with E-state index in [0.717, 1.165) is 5.82 Å². The molecule has 1 aromatic heterocycles. The van der Waals surface area contributed by atoms with Gasteiger partial charge in [-0.3, -0.25) is 4.79 Å². The first-order chi connectivity index (χ1) is 8.47. The molecule has 0 aliphatic carbocycles. The van der Waals surface area contributed by atoms with Gasteiger partial charge in [0.25, 0.3) is 0 Å². The first kappa shape index (κ1) is 14.4. The average Bonchev–Trinajstić information content (AvgIpc) is 2.70. The average molecular weight is 251 g/mol. The molecular weight excluding hydrogens is 230 g/mol. The van der Waals surface area contributed by atoms with E-state index in [9.17, 15) is 4.79 Å². The summed E-state index contributed by atoms with van der Waals surface area (Å²) in [6.45, 7) is 4.45. The summed E-state index contributed by atoms with van der Waals surface area (Å²) >= 11 is 0. The Morgan fingerprint density at radius 3 is 2.72 bits per heavy atom. The quantitative estimate of drug-likeness (QED) is 0.572. The lowest BCUT2D eigenvalue weighted by atomic mass is 10.2. The number of rotatable bonds is 6. The molecule has 0 unspecified atom stereocenters. The zero-order valence-electron chi connectivity index (χ0n) is 11.7. The number of hydrogen-bond donors (Lipinski definition) is 0. The highest BCUT2D eigenvalue weighted by Gasteiger charge is 2.16.